The Balaban J connectivity index is 2.08. The predicted molar refractivity (Wildman–Crippen MR) is 97.3 cm³/mol. The van der Waals surface area contributed by atoms with Crippen molar-refractivity contribution in [3.8, 4) is 5.75 Å². The molecule has 5 nitrogen and oxygen atoms in total. The van der Waals surface area contributed by atoms with Crippen LogP contribution in [0.2, 0.25) is 0 Å². The first-order chi connectivity index (χ1) is 11.5. The molecule has 1 unspecified atom stereocenters. The summed E-state index contributed by atoms with van der Waals surface area (Å²) >= 11 is 0. The van der Waals surface area contributed by atoms with Gasteiger partial charge in [-0.1, -0.05) is 31.0 Å². The standard InChI is InChI=1S/C19H31N3O2/c1-15(21(2)3)13-20-19(23)22(17-10-6-7-11-17)14-16-9-5-8-12-18(16)24-4/h5,8-9,12,15,17H,6-7,10-11,13-14H2,1-4H3,(H,20,23). The lowest BCUT2D eigenvalue weighted by atomic mass is 10.1. The van der Waals surface area contributed by atoms with E-state index < -0.39 is 0 Å². The lowest BCUT2D eigenvalue weighted by molar-refractivity contribution is 0.167. The number of nitrogens with zero attached hydrogens (tertiary/aromatic N) is 2. The minimum Gasteiger partial charge on any atom is -0.496 e. The molecule has 0 aromatic heterocycles. The Morgan fingerprint density at radius 3 is 2.58 bits per heavy atom. The van der Waals surface area contributed by atoms with Crippen LogP contribution in [0.5, 0.6) is 5.75 Å². The van der Waals surface area contributed by atoms with E-state index in [9.17, 15) is 4.79 Å². The Labute approximate surface area is 146 Å². The first-order valence-corrected chi connectivity index (χ1v) is 8.85. The summed E-state index contributed by atoms with van der Waals surface area (Å²) in [5, 5.41) is 3.10. The highest BCUT2D eigenvalue weighted by Crippen LogP contribution is 2.27. The Morgan fingerprint density at radius 2 is 1.96 bits per heavy atom. The van der Waals surface area contributed by atoms with Gasteiger partial charge in [0.05, 0.1) is 13.7 Å². The van der Waals surface area contributed by atoms with Crippen LogP contribution in [-0.2, 0) is 6.54 Å². The quantitative estimate of drug-likeness (QED) is 0.834. The van der Waals surface area contributed by atoms with Gasteiger partial charge in [-0.3, -0.25) is 0 Å². The van der Waals surface area contributed by atoms with Crippen LogP contribution in [0, 0.1) is 0 Å². The Bertz CT molecular complexity index is 527. The van der Waals surface area contributed by atoms with Gasteiger partial charge in [0, 0.05) is 24.2 Å². The minimum absolute atomic E-state index is 0.0292. The summed E-state index contributed by atoms with van der Waals surface area (Å²) in [4.78, 5) is 16.9. The summed E-state index contributed by atoms with van der Waals surface area (Å²) in [6, 6.07) is 8.61. The number of para-hydroxylation sites is 1. The lowest BCUT2D eigenvalue weighted by Gasteiger charge is -2.31. The van der Waals surface area contributed by atoms with Crippen molar-refractivity contribution >= 4 is 6.03 Å². The smallest absolute Gasteiger partial charge is 0.318 e. The number of carbonyl (C=O) groups is 1. The Kier molecular flexibility index (Phi) is 6.91. The predicted octanol–water partition coefficient (Wildman–Crippen LogP) is 3.10. The maximum Gasteiger partial charge on any atom is 0.318 e. The number of hydrogen-bond acceptors (Lipinski definition) is 3. The second-order valence-electron chi connectivity index (χ2n) is 6.88. The molecule has 5 heteroatoms. The maximum atomic E-state index is 12.8. The molecule has 1 atom stereocenters. The summed E-state index contributed by atoms with van der Waals surface area (Å²) in [6.45, 7) is 3.36. The zero-order valence-electron chi connectivity index (χ0n) is 15.4. The highest BCUT2D eigenvalue weighted by molar-refractivity contribution is 5.74. The highest BCUT2D eigenvalue weighted by Gasteiger charge is 2.27. The number of nitrogens with one attached hydrogen (secondary N) is 1. The fourth-order valence-electron chi connectivity index (χ4n) is 3.12. The van der Waals surface area contributed by atoms with E-state index in [1.54, 1.807) is 7.11 Å². The highest BCUT2D eigenvalue weighted by atomic mass is 16.5. The van der Waals surface area contributed by atoms with E-state index in [2.05, 4.69) is 17.1 Å². The van der Waals surface area contributed by atoms with E-state index in [-0.39, 0.29) is 6.03 Å². The van der Waals surface area contributed by atoms with E-state index in [0.29, 0.717) is 25.2 Å². The molecule has 0 heterocycles. The summed E-state index contributed by atoms with van der Waals surface area (Å²) in [6.07, 6.45) is 4.58. The van der Waals surface area contributed by atoms with Gasteiger partial charge < -0.3 is 19.9 Å². The SMILES string of the molecule is COc1ccccc1CN(C(=O)NCC(C)N(C)C)C1CCCC1. The Morgan fingerprint density at radius 1 is 1.29 bits per heavy atom. The first-order valence-electron chi connectivity index (χ1n) is 8.85. The number of hydrogen-bond donors (Lipinski definition) is 1. The molecule has 1 aromatic rings. The summed E-state index contributed by atoms with van der Waals surface area (Å²) in [7, 11) is 5.73. The zero-order valence-corrected chi connectivity index (χ0v) is 15.4. The number of benzene rings is 1. The van der Waals surface area contributed by atoms with Gasteiger partial charge in [0.1, 0.15) is 5.75 Å². The largest absolute Gasteiger partial charge is 0.496 e. The number of amides is 2. The van der Waals surface area contributed by atoms with Crippen molar-refractivity contribution < 1.29 is 9.53 Å². The first kappa shape index (κ1) is 18.6. The molecule has 0 bridgehead atoms. The van der Waals surface area contributed by atoms with Crippen LogP contribution >= 0.6 is 0 Å². The van der Waals surface area contributed by atoms with Crippen LogP contribution in [0.1, 0.15) is 38.2 Å². The van der Waals surface area contributed by atoms with Crippen LogP contribution in [0.4, 0.5) is 4.79 Å². The molecule has 1 aromatic carbocycles. The van der Waals surface area contributed by atoms with Crippen LogP contribution < -0.4 is 10.1 Å². The van der Waals surface area contributed by atoms with Gasteiger partial charge in [-0.15, -0.1) is 0 Å². The van der Waals surface area contributed by atoms with Crippen molar-refractivity contribution in [1.29, 1.82) is 0 Å². The van der Waals surface area contributed by atoms with Gasteiger partial charge >= 0.3 is 6.03 Å². The molecule has 1 fully saturated rings. The van der Waals surface area contributed by atoms with Gasteiger partial charge in [0.15, 0.2) is 0 Å². The minimum atomic E-state index is 0.0292. The van der Waals surface area contributed by atoms with E-state index in [4.69, 9.17) is 4.74 Å². The van der Waals surface area contributed by atoms with E-state index in [0.717, 1.165) is 24.2 Å². The van der Waals surface area contributed by atoms with Crippen molar-refractivity contribution in [2.75, 3.05) is 27.7 Å². The zero-order chi connectivity index (χ0) is 17.5. The number of methoxy groups -OCH3 is 1. The average molecular weight is 333 g/mol. The van der Waals surface area contributed by atoms with Gasteiger partial charge in [-0.25, -0.2) is 4.79 Å². The molecule has 2 rings (SSSR count). The van der Waals surface area contributed by atoms with Crippen LogP contribution in [0.3, 0.4) is 0 Å². The van der Waals surface area contributed by atoms with Crippen LogP contribution in [-0.4, -0.2) is 55.7 Å². The topological polar surface area (TPSA) is 44.8 Å². The van der Waals surface area contributed by atoms with Crippen molar-refractivity contribution in [1.82, 2.24) is 15.1 Å². The molecule has 0 spiro atoms. The molecule has 134 valence electrons. The maximum absolute atomic E-state index is 12.8. The fraction of sp³-hybridized carbons (Fsp3) is 0.632. The molecular weight excluding hydrogens is 302 g/mol. The number of urea groups is 1. The molecule has 0 aliphatic heterocycles. The molecule has 0 radical (unpaired) electrons. The van der Waals surface area contributed by atoms with Crippen molar-refractivity contribution in [2.45, 2.75) is 51.2 Å². The number of carbonyl (C=O) groups excluding carboxylic acids is 1. The molecule has 1 aliphatic rings. The number of rotatable bonds is 7. The Hall–Kier alpha value is -1.75. The van der Waals surface area contributed by atoms with E-state index in [1.807, 2.05) is 43.3 Å². The van der Waals surface area contributed by atoms with E-state index in [1.165, 1.54) is 12.8 Å². The van der Waals surface area contributed by atoms with Gasteiger partial charge in [0.2, 0.25) is 0 Å². The summed E-state index contributed by atoms with van der Waals surface area (Å²) < 4.78 is 5.45. The lowest BCUT2D eigenvalue weighted by Crippen LogP contribution is -2.48. The molecule has 1 aliphatic carbocycles. The third kappa shape index (κ3) is 4.87. The monoisotopic (exact) mass is 333 g/mol. The van der Waals surface area contributed by atoms with Crippen molar-refractivity contribution in [3.63, 3.8) is 0 Å². The molecule has 1 saturated carbocycles. The van der Waals surface area contributed by atoms with Gasteiger partial charge in [-0.05, 0) is 39.9 Å². The molecule has 1 N–H and O–H groups in total. The average Bonchev–Trinajstić information content (AvgIpc) is 3.11. The molecular formula is C19H31N3O2. The fourth-order valence-corrected chi connectivity index (χ4v) is 3.12. The molecule has 2 amide bonds. The summed E-state index contributed by atoms with van der Waals surface area (Å²) in [5.41, 5.74) is 1.06. The second-order valence-corrected chi connectivity index (χ2v) is 6.88. The third-order valence-corrected chi connectivity index (χ3v) is 4.99. The third-order valence-electron chi connectivity index (χ3n) is 4.99. The van der Waals surface area contributed by atoms with Gasteiger partial charge in [0.25, 0.3) is 0 Å². The van der Waals surface area contributed by atoms with Crippen molar-refractivity contribution in [2.24, 2.45) is 0 Å². The van der Waals surface area contributed by atoms with Crippen molar-refractivity contribution in [3.05, 3.63) is 29.8 Å². The second kappa shape index (κ2) is 8.92. The molecule has 24 heavy (non-hydrogen) atoms. The van der Waals surface area contributed by atoms with Gasteiger partial charge in [-0.2, -0.15) is 0 Å². The molecule has 0 saturated heterocycles. The van der Waals surface area contributed by atoms with Crippen LogP contribution in [0.15, 0.2) is 24.3 Å². The normalized spacial score (nSPS) is 16.2. The summed E-state index contributed by atoms with van der Waals surface area (Å²) in [5.74, 6) is 0.843. The number of ether oxygens (including phenoxy) is 1. The van der Waals surface area contributed by atoms with Crippen LogP contribution in [0.25, 0.3) is 0 Å². The van der Waals surface area contributed by atoms with E-state index >= 15 is 0 Å². The number of likely N-dealkylation sites (N-methyl/N-ethyl adjacent to an activating group) is 1.